The Hall–Kier alpha value is -3.43. The summed E-state index contributed by atoms with van der Waals surface area (Å²) in [7, 11) is 0. The van der Waals surface area contributed by atoms with Crippen molar-refractivity contribution in [1.82, 2.24) is 30.2 Å². The van der Waals surface area contributed by atoms with Gasteiger partial charge in [0.05, 0.1) is 6.61 Å². The number of aromatic nitrogens is 6. The summed E-state index contributed by atoms with van der Waals surface area (Å²) in [6.07, 6.45) is 0. The predicted octanol–water partition coefficient (Wildman–Crippen LogP) is 0.227. The van der Waals surface area contributed by atoms with E-state index in [-0.39, 0.29) is 19.0 Å². The lowest BCUT2D eigenvalue weighted by atomic mass is 10.1. The first-order valence-electron chi connectivity index (χ1n) is 7.20. The largest absolute Gasteiger partial charge is 0.463 e. The van der Waals surface area contributed by atoms with Crippen molar-refractivity contribution in [1.29, 1.82) is 0 Å². The second kappa shape index (κ2) is 5.65. The summed E-state index contributed by atoms with van der Waals surface area (Å²) in [4.78, 5) is 20.9. The van der Waals surface area contributed by atoms with Crippen molar-refractivity contribution >= 4 is 17.5 Å². The van der Waals surface area contributed by atoms with Gasteiger partial charge in [-0.2, -0.15) is 0 Å². The van der Waals surface area contributed by atoms with E-state index in [0.717, 1.165) is 11.1 Å². The number of hydrogen-bond donors (Lipinski definition) is 0. The van der Waals surface area contributed by atoms with Crippen LogP contribution in [0.5, 0.6) is 0 Å². The maximum Gasteiger partial charge on any atom is 0.347 e. The zero-order chi connectivity index (χ0) is 16.5. The summed E-state index contributed by atoms with van der Waals surface area (Å²) in [6.45, 7) is 1.73. The fourth-order valence-corrected chi connectivity index (χ4v) is 2.42. The summed E-state index contributed by atoms with van der Waals surface area (Å²) >= 11 is 0. The molecule has 4 rings (SSSR count). The van der Waals surface area contributed by atoms with Crippen molar-refractivity contribution in [2.45, 2.75) is 6.92 Å². The van der Waals surface area contributed by atoms with Crippen LogP contribution in [0.2, 0.25) is 0 Å². The molecule has 24 heavy (non-hydrogen) atoms. The lowest BCUT2D eigenvalue weighted by molar-refractivity contribution is -0.148. The molecule has 10 heteroatoms. The highest BCUT2D eigenvalue weighted by atomic mass is 16.7. The fraction of sp³-hybridized carbons (Fsp3) is 0.214. The van der Waals surface area contributed by atoms with E-state index in [2.05, 4.69) is 30.8 Å². The van der Waals surface area contributed by atoms with Crippen molar-refractivity contribution in [3.05, 3.63) is 35.5 Å². The van der Waals surface area contributed by atoms with Crippen molar-refractivity contribution < 1.29 is 14.4 Å². The van der Waals surface area contributed by atoms with Gasteiger partial charge in [-0.15, -0.1) is 5.10 Å². The van der Waals surface area contributed by atoms with E-state index in [1.807, 2.05) is 24.3 Å². The third-order valence-electron chi connectivity index (χ3n) is 3.37. The molecule has 0 bridgehead atoms. The van der Waals surface area contributed by atoms with E-state index >= 15 is 0 Å². The molecular weight excluding hydrogens is 314 g/mol. The molecule has 0 saturated carbocycles. The summed E-state index contributed by atoms with van der Waals surface area (Å²) in [5.74, 6) is -0.201. The Morgan fingerprint density at radius 2 is 2.08 bits per heavy atom. The number of esters is 1. The Balaban J connectivity index is 1.75. The van der Waals surface area contributed by atoms with E-state index in [1.54, 1.807) is 6.92 Å². The number of fused-ring (bicyclic) bond motifs is 4. The minimum Gasteiger partial charge on any atom is -0.463 e. The maximum absolute atomic E-state index is 11.4. The van der Waals surface area contributed by atoms with Gasteiger partial charge >= 0.3 is 5.97 Å². The monoisotopic (exact) mass is 325 g/mol. The number of hydrogen-bond acceptors (Lipinski definition) is 9. The van der Waals surface area contributed by atoms with Gasteiger partial charge in [0.25, 0.3) is 5.78 Å². The molecular formula is C14H11N7O3. The highest BCUT2D eigenvalue weighted by Gasteiger charge is 2.30. The number of benzene rings is 1. The van der Waals surface area contributed by atoms with Crippen molar-refractivity contribution in [2.24, 2.45) is 5.16 Å². The van der Waals surface area contributed by atoms with Crippen LogP contribution in [-0.2, 0) is 14.4 Å². The number of tetrazole rings is 1. The van der Waals surface area contributed by atoms with Crippen LogP contribution < -0.4 is 0 Å². The van der Waals surface area contributed by atoms with Gasteiger partial charge in [-0.05, 0) is 17.4 Å². The Kier molecular flexibility index (Phi) is 3.34. The van der Waals surface area contributed by atoms with Crippen LogP contribution in [0.1, 0.15) is 18.2 Å². The highest BCUT2D eigenvalue weighted by molar-refractivity contribution is 6.22. The molecule has 2 aromatic heterocycles. The number of rotatable bonds is 4. The molecule has 3 aromatic rings. The average Bonchev–Trinajstić information content (AvgIpc) is 3.16. The van der Waals surface area contributed by atoms with Crippen LogP contribution in [-0.4, -0.2) is 55.1 Å². The number of carbonyl (C=O) groups excluding carboxylic acids is 1. The van der Waals surface area contributed by atoms with Gasteiger partial charge in [0.1, 0.15) is 17.1 Å². The number of oxime groups is 1. The van der Waals surface area contributed by atoms with Crippen LogP contribution in [0, 0.1) is 0 Å². The number of nitrogens with zero attached hydrogens (tertiary/aromatic N) is 7. The van der Waals surface area contributed by atoms with Gasteiger partial charge in [0, 0.05) is 11.1 Å². The number of ether oxygens (including phenoxy) is 1. The van der Waals surface area contributed by atoms with Crippen LogP contribution in [0.3, 0.4) is 0 Å². The molecule has 120 valence electrons. The molecule has 0 radical (unpaired) electrons. The minimum absolute atomic E-state index is 0.282. The van der Waals surface area contributed by atoms with Gasteiger partial charge in [0.2, 0.25) is 6.61 Å². The molecule has 1 aliphatic carbocycles. The van der Waals surface area contributed by atoms with Crippen LogP contribution in [0.25, 0.3) is 17.0 Å². The average molecular weight is 325 g/mol. The summed E-state index contributed by atoms with van der Waals surface area (Å²) < 4.78 is 6.01. The van der Waals surface area contributed by atoms with Gasteiger partial charge < -0.3 is 9.57 Å². The molecule has 0 N–H and O–H groups in total. The molecule has 0 unspecified atom stereocenters. The SMILES string of the molecule is CCOC(=O)CO/N=C1\c2ccccc2-c2nc3nnnn3nc21. The lowest BCUT2D eigenvalue weighted by Crippen LogP contribution is -2.12. The second-order valence-electron chi connectivity index (χ2n) is 4.84. The molecule has 1 aliphatic rings. The van der Waals surface area contributed by atoms with Gasteiger partial charge in [0.15, 0.2) is 0 Å². The molecule has 0 amide bonds. The molecule has 0 aliphatic heterocycles. The minimum atomic E-state index is -0.490. The quantitative estimate of drug-likeness (QED) is 0.386. The van der Waals surface area contributed by atoms with E-state index in [4.69, 9.17) is 9.57 Å². The Morgan fingerprint density at radius 3 is 2.92 bits per heavy atom. The van der Waals surface area contributed by atoms with E-state index in [9.17, 15) is 4.79 Å². The molecule has 10 nitrogen and oxygen atoms in total. The van der Waals surface area contributed by atoms with Crippen LogP contribution >= 0.6 is 0 Å². The van der Waals surface area contributed by atoms with Crippen molar-refractivity contribution in [2.75, 3.05) is 13.2 Å². The van der Waals surface area contributed by atoms with E-state index < -0.39 is 5.97 Å². The molecule has 2 heterocycles. The summed E-state index contributed by atoms with van der Waals surface area (Å²) in [5.41, 5.74) is 3.22. The normalized spacial score (nSPS) is 13.8. The second-order valence-corrected chi connectivity index (χ2v) is 4.84. The third kappa shape index (κ3) is 2.24. The van der Waals surface area contributed by atoms with Crippen LogP contribution in [0.15, 0.2) is 29.4 Å². The van der Waals surface area contributed by atoms with E-state index in [0.29, 0.717) is 17.1 Å². The molecule has 0 saturated heterocycles. The Labute approximate surface area is 135 Å². The summed E-state index contributed by atoms with van der Waals surface area (Å²) in [5, 5.41) is 19.5. The first kappa shape index (κ1) is 14.2. The Morgan fingerprint density at radius 1 is 1.25 bits per heavy atom. The smallest absolute Gasteiger partial charge is 0.347 e. The first-order chi connectivity index (χ1) is 11.8. The van der Waals surface area contributed by atoms with Gasteiger partial charge in [-0.3, -0.25) is 0 Å². The van der Waals surface area contributed by atoms with Gasteiger partial charge in [-0.25, -0.2) is 9.78 Å². The van der Waals surface area contributed by atoms with Crippen molar-refractivity contribution in [3.8, 4) is 11.3 Å². The zero-order valence-electron chi connectivity index (χ0n) is 12.6. The standard InChI is InChI=1S/C14H11N7O3/c1-2-23-10(22)7-24-18-12-9-6-4-3-5-8(9)11-13(12)17-21-14(15-11)16-19-20-21/h3-6H,2,7H2,1H3/b18-12+. The van der Waals surface area contributed by atoms with Crippen LogP contribution in [0.4, 0.5) is 0 Å². The summed E-state index contributed by atoms with van der Waals surface area (Å²) in [6, 6.07) is 7.53. The molecule has 0 atom stereocenters. The third-order valence-corrected chi connectivity index (χ3v) is 3.37. The Bertz CT molecular complexity index is 966. The van der Waals surface area contributed by atoms with E-state index in [1.165, 1.54) is 4.63 Å². The maximum atomic E-state index is 11.4. The van der Waals surface area contributed by atoms with Gasteiger partial charge in [-0.1, -0.05) is 39.1 Å². The van der Waals surface area contributed by atoms with Crippen molar-refractivity contribution in [3.63, 3.8) is 0 Å². The highest BCUT2D eigenvalue weighted by Crippen LogP contribution is 2.34. The molecule has 1 aromatic carbocycles. The molecule has 0 fully saturated rings. The fourth-order valence-electron chi connectivity index (χ4n) is 2.42. The number of carbonyl (C=O) groups is 1. The predicted molar refractivity (Wildman–Crippen MR) is 80.0 cm³/mol. The first-order valence-corrected chi connectivity index (χ1v) is 7.20. The molecule has 0 spiro atoms. The lowest BCUT2D eigenvalue weighted by Gasteiger charge is -2.02. The topological polar surface area (TPSA) is 117 Å². The zero-order valence-corrected chi connectivity index (χ0v) is 12.6.